The van der Waals surface area contributed by atoms with Crippen LogP contribution in [0.2, 0.25) is 0 Å². The van der Waals surface area contributed by atoms with Crippen molar-refractivity contribution >= 4 is 0 Å². The zero-order valence-electron chi connectivity index (χ0n) is 12.0. The van der Waals surface area contributed by atoms with E-state index in [4.69, 9.17) is 5.26 Å². The molecule has 1 aromatic carbocycles. The molecule has 0 bridgehead atoms. The van der Waals surface area contributed by atoms with Crippen molar-refractivity contribution in [1.82, 2.24) is 5.32 Å². The molecule has 0 amide bonds. The number of hydrogen-bond donors (Lipinski definition) is 1. The van der Waals surface area contributed by atoms with Gasteiger partial charge in [0.25, 0.3) is 0 Å². The third kappa shape index (κ3) is 4.50. The Hall–Kier alpha value is -1.33. The van der Waals surface area contributed by atoms with Crippen molar-refractivity contribution in [3.05, 3.63) is 35.4 Å². The summed E-state index contributed by atoms with van der Waals surface area (Å²) in [6.45, 7) is 9.61. The van der Waals surface area contributed by atoms with Gasteiger partial charge in [-0.05, 0) is 23.0 Å². The molecular formula is C16H24N2. The maximum atomic E-state index is 8.70. The highest BCUT2D eigenvalue weighted by molar-refractivity contribution is 5.27. The van der Waals surface area contributed by atoms with E-state index in [-0.39, 0.29) is 5.41 Å². The minimum atomic E-state index is 0.207. The lowest BCUT2D eigenvalue weighted by Gasteiger charge is -2.19. The first-order chi connectivity index (χ1) is 8.47. The minimum Gasteiger partial charge on any atom is -0.309 e. The van der Waals surface area contributed by atoms with E-state index in [0.717, 1.165) is 13.0 Å². The van der Waals surface area contributed by atoms with Crippen LogP contribution in [-0.4, -0.2) is 6.04 Å². The molecule has 0 radical (unpaired) electrons. The van der Waals surface area contributed by atoms with E-state index in [1.54, 1.807) is 0 Å². The second-order valence-electron chi connectivity index (χ2n) is 5.80. The van der Waals surface area contributed by atoms with Crippen LogP contribution >= 0.6 is 0 Å². The summed E-state index contributed by atoms with van der Waals surface area (Å²) in [6.07, 6.45) is 1.57. The van der Waals surface area contributed by atoms with Crippen molar-refractivity contribution in [2.75, 3.05) is 0 Å². The summed E-state index contributed by atoms with van der Waals surface area (Å²) >= 11 is 0. The van der Waals surface area contributed by atoms with Crippen LogP contribution in [0.4, 0.5) is 0 Å². The SMILES string of the molecule is CCC(CC#N)NCc1ccc(C(C)(C)C)cc1. The Morgan fingerprint density at radius 1 is 1.22 bits per heavy atom. The summed E-state index contributed by atoms with van der Waals surface area (Å²) in [5.41, 5.74) is 2.84. The molecule has 0 aliphatic carbocycles. The molecule has 0 heterocycles. The molecule has 2 nitrogen and oxygen atoms in total. The van der Waals surface area contributed by atoms with Crippen LogP contribution in [0.15, 0.2) is 24.3 Å². The van der Waals surface area contributed by atoms with Gasteiger partial charge in [0.05, 0.1) is 12.5 Å². The van der Waals surface area contributed by atoms with Crippen LogP contribution in [-0.2, 0) is 12.0 Å². The average Bonchev–Trinajstić information content (AvgIpc) is 2.34. The first-order valence-corrected chi connectivity index (χ1v) is 6.67. The van der Waals surface area contributed by atoms with Crippen molar-refractivity contribution in [2.24, 2.45) is 0 Å². The highest BCUT2D eigenvalue weighted by atomic mass is 14.9. The Balaban J connectivity index is 2.57. The number of nitrogens with one attached hydrogen (secondary N) is 1. The number of benzene rings is 1. The molecule has 0 fully saturated rings. The van der Waals surface area contributed by atoms with Gasteiger partial charge in [0, 0.05) is 12.6 Å². The van der Waals surface area contributed by atoms with Crippen molar-refractivity contribution in [3.63, 3.8) is 0 Å². The van der Waals surface area contributed by atoms with Crippen molar-refractivity contribution in [1.29, 1.82) is 5.26 Å². The fourth-order valence-electron chi connectivity index (χ4n) is 1.86. The number of rotatable bonds is 5. The lowest BCUT2D eigenvalue weighted by molar-refractivity contribution is 0.504. The molecule has 0 saturated carbocycles. The average molecular weight is 244 g/mol. The zero-order chi connectivity index (χ0) is 13.6. The Bertz CT molecular complexity index is 393. The maximum absolute atomic E-state index is 8.70. The van der Waals surface area contributed by atoms with E-state index in [2.05, 4.69) is 63.3 Å². The molecule has 2 heteroatoms. The van der Waals surface area contributed by atoms with Gasteiger partial charge in [-0.15, -0.1) is 0 Å². The first kappa shape index (κ1) is 14.7. The van der Waals surface area contributed by atoms with Crippen molar-refractivity contribution < 1.29 is 0 Å². The minimum absolute atomic E-state index is 0.207. The molecule has 1 aromatic rings. The monoisotopic (exact) mass is 244 g/mol. The Morgan fingerprint density at radius 2 is 1.83 bits per heavy atom. The fourth-order valence-corrected chi connectivity index (χ4v) is 1.86. The quantitative estimate of drug-likeness (QED) is 0.856. The van der Waals surface area contributed by atoms with Crippen LogP contribution < -0.4 is 5.32 Å². The summed E-state index contributed by atoms with van der Waals surface area (Å²) in [7, 11) is 0. The van der Waals surface area contributed by atoms with E-state index in [1.807, 2.05) is 0 Å². The largest absolute Gasteiger partial charge is 0.309 e. The van der Waals surface area contributed by atoms with E-state index in [1.165, 1.54) is 11.1 Å². The van der Waals surface area contributed by atoms with Gasteiger partial charge in [0.2, 0.25) is 0 Å². The number of nitrogens with zero attached hydrogens (tertiary/aromatic N) is 1. The molecule has 0 spiro atoms. The van der Waals surface area contributed by atoms with Gasteiger partial charge in [-0.1, -0.05) is 52.0 Å². The summed E-state index contributed by atoms with van der Waals surface area (Å²) in [5.74, 6) is 0. The Kier molecular flexibility index (Phi) is 5.37. The Morgan fingerprint density at radius 3 is 2.28 bits per heavy atom. The van der Waals surface area contributed by atoms with Crippen molar-refractivity contribution in [2.45, 2.75) is 58.5 Å². The molecule has 0 aliphatic heterocycles. The standard InChI is InChI=1S/C16H24N2/c1-5-15(10-11-17)18-12-13-6-8-14(9-7-13)16(2,3)4/h6-9,15,18H,5,10,12H2,1-4H3. The molecule has 1 rings (SSSR count). The molecule has 0 aliphatic rings. The molecule has 18 heavy (non-hydrogen) atoms. The maximum Gasteiger partial charge on any atom is 0.0638 e. The molecule has 1 N–H and O–H groups in total. The summed E-state index contributed by atoms with van der Waals surface area (Å²) in [4.78, 5) is 0. The lowest BCUT2D eigenvalue weighted by atomic mass is 9.87. The van der Waals surface area contributed by atoms with Gasteiger partial charge in [0.1, 0.15) is 0 Å². The summed E-state index contributed by atoms with van der Waals surface area (Å²) in [5, 5.41) is 12.1. The highest BCUT2D eigenvalue weighted by Gasteiger charge is 2.12. The molecule has 1 unspecified atom stereocenters. The van der Waals surface area contributed by atoms with E-state index >= 15 is 0 Å². The highest BCUT2D eigenvalue weighted by Crippen LogP contribution is 2.22. The summed E-state index contributed by atoms with van der Waals surface area (Å²) in [6, 6.07) is 11.3. The smallest absolute Gasteiger partial charge is 0.0638 e. The molecule has 0 saturated heterocycles. The van der Waals surface area contributed by atoms with Gasteiger partial charge in [-0.25, -0.2) is 0 Å². The van der Waals surface area contributed by atoms with E-state index < -0.39 is 0 Å². The second kappa shape index (κ2) is 6.56. The number of nitriles is 1. The second-order valence-corrected chi connectivity index (χ2v) is 5.80. The molecular weight excluding hydrogens is 220 g/mol. The Labute approximate surface area is 111 Å². The van der Waals surface area contributed by atoms with Crippen LogP contribution in [0.5, 0.6) is 0 Å². The third-order valence-electron chi connectivity index (χ3n) is 3.25. The lowest BCUT2D eigenvalue weighted by Crippen LogP contribution is -2.27. The van der Waals surface area contributed by atoms with Crippen LogP contribution in [0.1, 0.15) is 51.7 Å². The first-order valence-electron chi connectivity index (χ1n) is 6.67. The summed E-state index contributed by atoms with van der Waals surface area (Å²) < 4.78 is 0. The van der Waals surface area contributed by atoms with Crippen LogP contribution in [0, 0.1) is 11.3 Å². The predicted molar refractivity (Wildman–Crippen MR) is 76.3 cm³/mol. The normalized spacial score (nSPS) is 13.1. The third-order valence-corrected chi connectivity index (χ3v) is 3.25. The van der Waals surface area contributed by atoms with E-state index in [0.29, 0.717) is 12.5 Å². The zero-order valence-corrected chi connectivity index (χ0v) is 12.0. The predicted octanol–water partition coefficient (Wildman–Crippen LogP) is 3.77. The van der Waals surface area contributed by atoms with Gasteiger partial charge in [0.15, 0.2) is 0 Å². The van der Waals surface area contributed by atoms with Gasteiger partial charge < -0.3 is 5.32 Å². The molecule has 1 atom stereocenters. The molecule has 0 aromatic heterocycles. The van der Waals surface area contributed by atoms with Crippen molar-refractivity contribution in [3.8, 4) is 6.07 Å². The van der Waals surface area contributed by atoms with E-state index in [9.17, 15) is 0 Å². The van der Waals surface area contributed by atoms with Gasteiger partial charge >= 0.3 is 0 Å². The van der Waals surface area contributed by atoms with Gasteiger partial charge in [-0.3, -0.25) is 0 Å². The fraction of sp³-hybridized carbons (Fsp3) is 0.562. The van der Waals surface area contributed by atoms with Crippen LogP contribution in [0.25, 0.3) is 0 Å². The van der Waals surface area contributed by atoms with Crippen LogP contribution in [0.3, 0.4) is 0 Å². The van der Waals surface area contributed by atoms with Gasteiger partial charge in [-0.2, -0.15) is 5.26 Å². The molecule has 98 valence electrons. The topological polar surface area (TPSA) is 35.8 Å². The number of hydrogen-bond acceptors (Lipinski definition) is 2.